The summed E-state index contributed by atoms with van der Waals surface area (Å²) < 4.78 is 23.6. The largest absolute Gasteiger partial charge is 0.492 e. The molecule has 1 aromatic carbocycles. The number of benzene rings is 1. The smallest absolute Gasteiger partial charge is 0.145 e. The van der Waals surface area contributed by atoms with Crippen LogP contribution in [0.4, 0.5) is 0 Å². The summed E-state index contributed by atoms with van der Waals surface area (Å²) in [5.41, 5.74) is 1.46. The molecule has 2 heterocycles. The maximum atomic E-state index is 6.86. The Morgan fingerprint density at radius 2 is 1.15 bits per heavy atom. The molecule has 0 radical (unpaired) electrons. The lowest BCUT2D eigenvalue weighted by atomic mass is 9.75. The van der Waals surface area contributed by atoms with Crippen LogP contribution in [0.2, 0.25) is 10.0 Å². The highest BCUT2D eigenvalue weighted by molar-refractivity contribution is 6.37. The zero-order chi connectivity index (χ0) is 19.3. The molecular weight excluding hydrogens is 375 g/mol. The highest BCUT2D eigenvalue weighted by Crippen LogP contribution is 2.60. The Hall–Kier alpha value is -0.680. The minimum atomic E-state index is -0.183. The first-order valence-electron chi connectivity index (χ1n) is 9.19. The Balaban J connectivity index is 2.23. The summed E-state index contributed by atoms with van der Waals surface area (Å²) in [5, 5.41) is 1.03. The molecule has 3 rings (SSSR count). The standard InChI is InChI=1S/C20H28Cl2O4/c1-7-23-15-11(17-19(3,4)9-25-17)14(22)16(24-8-2)12(13(15)21)18-20(5,6)10-26-18/h17-18H,7-10H2,1-6H3. The van der Waals surface area contributed by atoms with Gasteiger partial charge in [0.25, 0.3) is 0 Å². The van der Waals surface area contributed by atoms with Crippen molar-refractivity contribution >= 4 is 23.2 Å². The Labute approximate surface area is 166 Å². The molecule has 2 fully saturated rings. The van der Waals surface area contributed by atoms with E-state index in [-0.39, 0.29) is 23.0 Å². The molecule has 0 bridgehead atoms. The average Bonchev–Trinajstić information content (AvgIpc) is 2.56. The first-order chi connectivity index (χ1) is 12.2. The second kappa shape index (κ2) is 7.05. The minimum absolute atomic E-state index is 0.0456. The first-order valence-corrected chi connectivity index (χ1v) is 9.94. The van der Waals surface area contributed by atoms with Crippen LogP contribution >= 0.6 is 23.2 Å². The topological polar surface area (TPSA) is 36.9 Å². The van der Waals surface area contributed by atoms with Crippen LogP contribution in [0.5, 0.6) is 11.5 Å². The summed E-state index contributed by atoms with van der Waals surface area (Å²) >= 11 is 13.7. The van der Waals surface area contributed by atoms with Gasteiger partial charge in [0.1, 0.15) is 11.5 Å². The van der Waals surface area contributed by atoms with Gasteiger partial charge >= 0.3 is 0 Å². The van der Waals surface area contributed by atoms with E-state index in [1.165, 1.54) is 0 Å². The van der Waals surface area contributed by atoms with Crippen molar-refractivity contribution in [2.24, 2.45) is 10.8 Å². The van der Waals surface area contributed by atoms with Gasteiger partial charge in [-0.2, -0.15) is 0 Å². The van der Waals surface area contributed by atoms with E-state index >= 15 is 0 Å². The van der Waals surface area contributed by atoms with E-state index in [1.54, 1.807) is 0 Å². The lowest BCUT2D eigenvalue weighted by Gasteiger charge is -2.47. The number of hydrogen-bond donors (Lipinski definition) is 0. The van der Waals surface area contributed by atoms with Crippen molar-refractivity contribution in [3.8, 4) is 11.5 Å². The fourth-order valence-corrected chi connectivity index (χ4v) is 4.35. The molecule has 0 saturated carbocycles. The Morgan fingerprint density at radius 1 is 0.808 bits per heavy atom. The fourth-order valence-electron chi connectivity index (χ4n) is 3.67. The van der Waals surface area contributed by atoms with E-state index in [0.717, 1.165) is 11.1 Å². The summed E-state index contributed by atoms with van der Waals surface area (Å²) in [4.78, 5) is 0. The van der Waals surface area contributed by atoms with Crippen molar-refractivity contribution < 1.29 is 18.9 Å². The molecule has 2 atom stereocenters. The molecule has 0 aromatic heterocycles. The van der Waals surface area contributed by atoms with Crippen molar-refractivity contribution in [3.05, 3.63) is 21.2 Å². The normalized spacial score (nSPS) is 26.0. The summed E-state index contributed by atoms with van der Waals surface area (Å²) in [7, 11) is 0. The van der Waals surface area contributed by atoms with Crippen LogP contribution in [0.15, 0.2) is 0 Å². The third kappa shape index (κ3) is 3.09. The maximum absolute atomic E-state index is 6.86. The molecular formula is C20H28Cl2O4. The highest BCUT2D eigenvalue weighted by Gasteiger charge is 2.49. The average molecular weight is 403 g/mol. The van der Waals surface area contributed by atoms with Crippen LogP contribution in [0.25, 0.3) is 0 Å². The van der Waals surface area contributed by atoms with E-state index in [9.17, 15) is 0 Å². The molecule has 2 aliphatic heterocycles. The van der Waals surface area contributed by atoms with Gasteiger partial charge in [-0.1, -0.05) is 50.9 Å². The predicted octanol–water partition coefficient (Wildman–Crippen LogP) is 5.99. The summed E-state index contributed by atoms with van der Waals surface area (Å²) in [6.45, 7) is 14.8. The first kappa shape index (κ1) is 20.1. The molecule has 26 heavy (non-hydrogen) atoms. The number of hydrogen-bond acceptors (Lipinski definition) is 4. The van der Waals surface area contributed by atoms with Gasteiger partial charge in [0.05, 0.1) is 48.7 Å². The molecule has 0 amide bonds. The van der Waals surface area contributed by atoms with Gasteiger partial charge in [-0.05, 0) is 13.8 Å². The third-order valence-corrected chi connectivity index (χ3v) is 5.88. The SMILES string of the molecule is CCOc1c(Cl)c(C2OCC2(C)C)c(OCC)c(Cl)c1C1OCC1(C)C. The van der Waals surface area contributed by atoms with Gasteiger partial charge in [-0.25, -0.2) is 0 Å². The second-order valence-electron chi connectivity index (χ2n) is 8.34. The molecule has 146 valence electrons. The molecule has 0 spiro atoms. The van der Waals surface area contributed by atoms with Crippen molar-refractivity contribution in [1.29, 1.82) is 0 Å². The van der Waals surface area contributed by atoms with E-state index < -0.39 is 0 Å². The fraction of sp³-hybridized carbons (Fsp3) is 0.700. The Bertz CT molecular complexity index is 640. The Kier molecular flexibility index (Phi) is 5.44. The van der Waals surface area contributed by atoms with Crippen LogP contribution in [0, 0.1) is 10.8 Å². The van der Waals surface area contributed by atoms with Gasteiger partial charge in [-0.15, -0.1) is 0 Å². The van der Waals surface area contributed by atoms with Gasteiger partial charge in [0.2, 0.25) is 0 Å². The molecule has 2 aliphatic rings. The zero-order valence-corrected chi connectivity index (χ0v) is 17.9. The van der Waals surface area contributed by atoms with E-state index in [4.69, 9.17) is 42.1 Å². The molecule has 4 nitrogen and oxygen atoms in total. The van der Waals surface area contributed by atoms with Crippen molar-refractivity contribution in [1.82, 2.24) is 0 Å². The van der Waals surface area contributed by atoms with Crippen LogP contribution in [-0.2, 0) is 9.47 Å². The Morgan fingerprint density at radius 3 is 1.35 bits per heavy atom. The maximum Gasteiger partial charge on any atom is 0.145 e. The van der Waals surface area contributed by atoms with Crippen LogP contribution in [-0.4, -0.2) is 26.4 Å². The number of halogens is 2. The van der Waals surface area contributed by atoms with Gasteiger partial charge < -0.3 is 18.9 Å². The molecule has 1 aromatic rings. The quantitative estimate of drug-likeness (QED) is 0.585. The summed E-state index contributed by atoms with van der Waals surface area (Å²) in [5.74, 6) is 1.17. The third-order valence-electron chi connectivity index (χ3n) is 5.13. The van der Waals surface area contributed by atoms with Crippen molar-refractivity contribution in [2.45, 2.75) is 53.8 Å². The van der Waals surface area contributed by atoms with Gasteiger partial charge in [0, 0.05) is 22.0 Å². The summed E-state index contributed by atoms with van der Waals surface area (Å²) in [6.07, 6.45) is -0.366. The molecule has 0 N–H and O–H groups in total. The monoisotopic (exact) mass is 402 g/mol. The van der Waals surface area contributed by atoms with Crippen LogP contribution < -0.4 is 9.47 Å². The van der Waals surface area contributed by atoms with Crippen LogP contribution in [0.3, 0.4) is 0 Å². The lowest BCUT2D eigenvalue weighted by molar-refractivity contribution is -0.174. The van der Waals surface area contributed by atoms with E-state index in [1.807, 2.05) is 13.8 Å². The van der Waals surface area contributed by atoms with Crippen molar-refractivity contribution in [2.75, 3.05) is 26.4 Å². The van der Waals surface area contributed by atoms with Gasteiger partial charge in [0.15, 0.2) is 0 Å². The van der Waals surface area contributed by atoms with E-state index in [0.29, 0.717) is 48.0 Å². The van der Waals surface area contributed by atoms with E-state index in [2.05, 4.69) is 27.7 Å². The predicted molar refractivity (Wildman–Crippen MR) is 104 cm³/mol. The molecule has 2 saturated heterocycles. The molecule has 2 unspecified atom stereocenters. The number of ether oxygens (including phenoxy) is 4. The highest BCUT2D eigenvalue weighted by atomic mass is 35.5. The van der Waals surface area contributed by atoms with Crippen LogP contribution in [0.1, 0.15) is 64.9 Å². The molecule has 0 aliphatic carbocycles. The second-order valence-corrected chi connectivity index (χ2v) is 9.09. The molecule has 6 heteroatoms. The number of rotatable bonds is 6. The van der Waals surface area contributed by atoms with Crippen molar-refractivity contribution in [3.63, 3.8) is 0 Å². The lowest BCUT2D eigenvalue weighted by Crippen LogP contribution is -2.42. The summed E-state index contributed by atoms with van der Waals surface area (Å²) in [6, 6.07) is 0. The zero-order valence-electron chi connectivity index (χ0n) is 16.4. The van der Waals surface area contributed by atoms with Gasteiger partial charge in [-0.3, -0.25) is 0 Å². The minimum Gasteiger partial charge on any atom is -0.492 e.